The van der Waals surface area contributed by atoms with Crippen molar-refractivity contribution in [1.29, 1.82) is 0 Å². The molecule has 0 N–H and O–H groups in total. The van der Waals surface area contributed by atoms with Gasteiger partial charge in [0, 0.05) is 5.92 Å². The van der Waals surface area contributed by atoms with Crippen LogP contribution in [0, 0.1) is 0 Å². The van der Waals surface area contributed by atoms with Crippen molar-refractivity contribution in [2.45, 2.75) is 26.2 Å². The molecule has 0 fully saturated rings. The van der Waals surface area contributed by atoms with E-state index >= 15 is 0 Å². The van der Waals surface area contributed by atoms with Crippen molar-refractivity contribution in [3.8, 4) is 0 Å². The van der Waals surface area contributed by atoms with Gasteiger partial charge in [0.05, 0.1) is 0 Å². The van der Waals surface area contributed by atoms with Crippen LogP contribution in [0.4, 0.5) is 0 Å². The highest BCUT2D eigenvalue weighted by atomic mass is 14.2. The first-order valence-corrected chi connectivity index (χ1v) is 6.57. The molecule has 0 heteroatoms. The predicted octanol–water partition coefficient (Wildman–Crippen LogP) is 5.27. The highest BCUT2D eigenvalue weighted by molar-refractivity contribution is 5.66. The van der Waals surface area contributed by atoms with Gasteiger partial charge in [0.2, 0.25) is 0 Å². The summed E-state index contributed by atoms with van der Waals surface area (Å²) < 4.78 is 0. The summed E-state index contributed by atoms with van der Waals surface area (Å²) in [6.45, 7) is 8.21. The molecule has 18 heavy (non-hydrogen) atoms. The van der Waals surface area contributed by atoms with Crippen LogP contribution >= 0.6 is 0 Å². The van der Waals surface area contributed by atoms with Crippen LogP contribution in [-0.2, 0) is 0 Å². The minimum absolute atomic E-state index is 0.450. The van der Waals surface area contributed by atoms with Crippen LogP contribution in [0.3, 0.4) is 0 Å². The lowest BCUT2D eigenvalue weighted by atomic mass is 9.96. The number of fused-ring (bicyclic) bond motifs is 1. The molecule has 0 nitrogen and oxygen atoms in total. The van der Waals surface area contributed by atoms with E-state index in [9.17, 15) is 0 Å². The van der Waals surface area contributed by atoms with E-state index in [0.717, 1.165) is 6.42 Å². The van der Waals surface area contributed by atoms with Crippen LogP contribution in [-0.4, -0.2) is 0 Å². The molecule has 0 spiro atoms. The van der Waals surface area contributed by atoms with Gasteiger partial charge >= 0.3 is 0 Å². The van der Waals surface area contributed by atoms with Crippen LogP contribution < -0.4 is 0 Å². The fourth-order valence-electron chi connectivity index (χ4n) is 2.43. The maximum absolute atomic E-state index is 3.74. The first kappa shape index (κ1) is 12.6. The van der Waals surface area contributed by atoms with Gasteiger partial charge in [0.1, 0.15) is 0 Å². The number of hydrogen-bond donors (Lipinski definition) is 0. The van der Waals surface area contributed by atoms with E-state index in [1.807, 2.05) is 12.2 Å². The minimum Gasteiger partial charge on any atom is -0.0991 e. The second-order valence-electron chi connectivity index (χ2n) is 4.66. The van der Waals surface area contributed by atoms with Crippen LogP contribution in [0.5, 0.6) is 0 Å². The largest absolute Gasteiger partial charge is 0.0991 e. The summed E-state index contributed by atoms with van der Waals surface area (Å²) in [6, 6.07) is 8.66. The zero-order valence-electron chi connectivity index (χ0n) is 11.2. The smallest absolute Gasteiger partial charge is 0.000458 e. The minimum atomic E-state index is 0.450. The van der Waals surface area contributed by atoms with Crippen molar-refractivity contribution in [3.05, 3.63) is 77.4 Å². The Hall–Kier alpha value is -1.82. The highest BCUT2D eigenvalue weighted by Crippen LogP contribution is 2.32. The summed E-state index contributed by atoms with van der Waals surface area (Å²) in [5.74, 6) is 0.450. The molecule has 1 aromatic rings. The molecule has 1 aliphatic rings. The standard InChI is InChI=1S/C18H20/c1-4-6-9-16-12-14(3)18-11-8-7-10-17(18)13-15(16)5-2/h4,6-14H,1,5H2,2-3H3/b9-6-. The first-order chi connectivity index (χ1) is 8.76. The number of benzene rings is 1. The lowest BCUT2D eigenvalue weighted by molar-refractivity contribution is 0.958. The molecule has 2 rings (SSSR count). The van der Waals surface area contributed by atoms with Gasteiger partial charge in [0.15, 0.2) is 0 Å². The van der Waals surface area contributed by atoms with Crippen LogP contribution in [0.2, 0.25) is 0 Å². The van der Waals surface area contributed by atoms with Gasteiger partial charge in [-0.05, 0) is 28.7 Å². The van der Waals surface area contributed by atoms with Crippen molar-refractivity contribution in [3.63, 3.8) is 0 Å². The summed E-state index contributed by atoms with van der Waals surface area (Å²) in [5, 5.41) is 0. The normalized spacial score (nSPS) is 18.9. The van der Waals surface area contributed by atoms with E-state index in [1.54, 1.807) is 0 Å². The molecule has 0 amide bonds. The summed E-state index contributed by atoms with van der Waals surface area (Å²) in [6.07, 6.45) is 11.7. The van der Waals surface area contributed by atoms with E-state index in [2.05, 4.69) is 62.9 Å². The Morgan fingerprint density at radius 1 is 1.28 bits per heavy atom. The molecular weight excluding hydrogens is 216 g/mol. The zero-order chi connectivity index (χ0) is 13.0. The van der Waals surface area contributed by atoms with Crippen molar-refractivity contribution < 1.29 is 0 Å². The van der Waals surface area contributed by atoms with Gasteiger partial charge in [-0.2, -0.15) is 0 Å². The monoisotopic (exact) mass is 236 g/mol. The Balaban J connectivity index is 2.53. The Labute approximate surface area is 110 Å². The molecule has 1 aliphatic carbocycles. The molecule has 1 unspecified atom stereocenters. The summed E-state index contributed by atoms with van der Waals surface area (Å²) in [7, 11) is 0. The van der Waals surface area contributed by atoms with Crippen molar-refractivity contribution in [2.75, 3.05) is 0 Å². The first-order valence-electron chi connectivity index (χ1n) is 6.57. The Kier molecular flexibility index (Phi) is 3.99. The molecule has 1 atom stereocenters. The SMILES string of the molecule is C=C/C=C\C1=CC(C)c2ccccc2C=C1CC. The van der Waals surface area contributed by atoms with Gasteiger partial charge < -0.3 is 0 Å². The van der Waals surface area contributed by atoms with Crippen LogP contribution in [0.15, 0.2) is 66.3 Å². The summed E-state index contributed by atoms with van der Waals surface area (Å²) >= 11 is 0. The van der Waals surface area contributed by atoms with Gasteiger partial charge in [-0.3, -0.25) is 0 Å². The van der Waals surface area contributed by atoms with Crippen molar-refractivity contribution in [2.24, 2.45) is 0 Å². The number of allylic oxidation sites excluding steroid dienone is 6. The molecule has 0 saturated heterocycles. The Bertz CT molecular complexity index is 527. The van der Waals surface area contributed by atoms with Crippen molar-refractivity contribution in [1.82, 2.24) is 0 Å². The molecule has 0 bridgehead atoms. The van der Waals surface area contributed by atoms with E-state index < -0.39 is 0 Å². The van der Waals surface area contributed by atoms with Gasteiger partial charge in [-0.15, -0.1) is 0 Å². The fraction of sp³-hybridized carbons (Fsp3) is 0.222. The van der Waals surface area contributed by atoms with Crippen LogP contribution in [0.1, 0.15) is 37.3 Å². The maximum Gasteiger partial charge on any atom is 0.000458 e. The molecule has 0 saturated carbocycles. The quantitative estimate of drug-likeness (QED) is 0.627. The molecule has 0 aliphatic heterocycles. The highest BCUT2D eigenvalue weighted by Gasteiger charge is 2.13. The molecule has 0 heterocycles. The average Bonchev–Trinajstić information content (AvgIpc) is 2.53. The van der Waals surface area contributed by atoms with E-state index in [0.29, 0.717) is 5.92 Å². The van der Waals surface area contributed by atoms with Gasteiger partial charge in [-0.25, -0.2) is 0 Å². The predicted molar refractivity (Wildman–Crippen MR) is 80.5 cm³/mol. The Morgan fingerprint density at radius 3 is 2.78 bits per heavy atom. The van der Waals surface area contributed by atoms with E-state index in [-0.39, 0.29) is 0 Å². The van der Waals surface area contributed by atoms with E-state index in [1.165, 1.54) is 22.3 Å². The fourth-order valence-corrected chi connectivity index (χ4v) is 2.43. The lowest BCUT2D eigenvalue weighted by Crippen LogP contribution is -1.91. The summed E-state index contributed by atoms with van der Waals surface area (Å²) in [5.41, 5.74) is 5.47. The third-order valence-corrected chi connectivity index (χ3v) is 3.41. The molecular formula is C18H20. The van der Waals surface area contributed by atoms with Gasteiger partial charge in [-0.1, -0.05) is 75.1 Å². The molecule has 92 valence electrons. The molecule has 1 aromatic carbocycles. The second kappa shape index (κ2) is 5.68. The molecule has 0 aromatic heterocycles. The van der Waals surface area contributed by atoms with E-state index in [4.69, 9.17) is 0 Å². The molecule has 0 radical (unpaired) electrons. The maximum atomic E-state index is 3.74. The second-order valence-corrected chi connectivity index (χ2v) is 4.66. The van der Waals surface area contributed by atoms with Crippen LogP contribution in [0.25, 0.3) is 6.08 Å². The number of rotatable bonds is 3. The Morgan fingerprint density at radius 2 is 2.06 bits per heavy atom. The summed E-state index contributed by atoms with van der Waals surface area (Å²) in [4.78, 5) is 0. The zero-order valence-corrected chi connectivity index (χ0v) is 11.2. The number of hydrogen-bond acceptors (Lipinski definition) is 0. The lowest BCUT2D eigenvalue weighted by Gasteiger charge is -2.08. The topological polar surface area (TPSA) is 0 Å². The van der Waals surface area contributed by atoms with Gasteiger partial charge in [0.25, 0.3) is 0 Å². The van der Waals surface area contributed by atoms with Crippen molar-refractivity contribution >= 4 is 6.08 Å². The third-order valence-electron chi connectivity index (χ3n) is 3.41. The third kappa shape index (κ3) is 2.53. The average molecular weight is 236 g/mol.